The molecule has 1 aromatic carbocycles. The zero-order chi connectivity index (χ0) is 12.4. The monoisotopic (exact) mass is 229 g/mol. The third-order valence-electron chi connectivity index (χ3n) is 2.65. The van der Waals surface area contributed by atoms with Gasteiger partial charge in [-0.05, 0) is 23.8 Å². The Morgan fingerprint density at radius 1 is 1.53 bits per heavy atom. The predicted molar refractivity (Wildman–Crippen MR) is 62.1 cm³/mol. The highest BCUT2D eigenvalue weighted by Crippen LogP contribution is 2.30. The van der Waals surface area contributed by atoms with E-state index in [4.69, 9.17) is 11.0 Å². The number of nitrogens with zero attached hydrogens (tertiary/aromatic N) is 2. The minimum absolute atomic E-state index is 0.0384. The molecule has 1 aromatic rings. The molecule has 2 N–H and O–H groups in total. The van der Waals surface area contributed by atoms with Crippen LogP contribution in [-0.4, -0.2) is 18.2 Å². The Morgan fingerprint density at radius 3 is 3.00 bits per heavy atom. The van der Waals surface area contributed by atoms with E-state index in [1.165, 1.54) is 4.90 Å². The smallest absolute Gasteiger partial charge is 0.231 e. The first kappa shape index (κ1) is 11.1. The van der Waals surface area contributed by atoms with Gasteiger partial charge in [-0.15, -0.1) is 0 Å². The molecular formula is C12H11N3O2. The summed E-state index contributed by atoms with van der Waals surface area (Å²) in [4.78, 5) is 24.5. The summed E-state index contributed by atoms with van der Waals surface area (Å²) in [5.74, 6) is -0.387. The van der Waals surface area contributed by atoms with E-state index in [0.29, 0.717) is 5.69 Å². The Bertz CT molecular complexity index is 531. The number of carbonyl (C=O) groups is 2. The molecule has 0 atom stereocenters. The van der Waals surface area contributed by atoms with E-state index < -0.39 is 0 Å². The van der Waals surface area contributed by atoms with E-state index in [-0.39, 0.29) is 31.1 Å². The molecular weight excluding hydrogens is 218 g/mol. The third kappa shape index (κ3) is 2.11. The number of benzene rings is 1. The number of hydrogen-bond acceptors (Lipinski definition) is 4. The van der Waals surface area contributed by atoms with Gasteiger partial charge in [0.2, 0.25) is 5.91 Å². The molecule has 1 amide bonds. The van der Waals surface area contributed by atoms with Crippen molar-refractivity contribution in [2.45, 2.75) is 12.8 Å². The lowest BCUT2D eigenvalue weighted by atomic mass is 10.1. The summed E-state index contributed by atoms with van der Waals surface area (Å²) in [6, 6.07) is 6.94. The highest BCUT2D eigenvalue weighted by Gasteiger charge is 2.28. The number of fused-ring (bicyclic) bond motifs is 1. The summed E-state index contributed by atoms with van der Waals surface area (Å²) in [7, 11) is 0. The summed E-state index contributed by atoms with van der Waals surface area (Å²) >= 11 is 0. The Balaban J connectivity index is 2.24. The van der Waals surface area contributed by atoms with Crippen molar-refractivity contribution in [1.82, 2.24) is 0 Å². The molecule has 5 nitrogen and oxygen atoms in total. The molecule has 0 bridgehead atoms. The zero-order valence-electron chi connectivity index (χ0n) is 9.14. The van der Waals surface area contributed by atoms with Gasteiger partial charge in [0.25, 0.3) is 0 Å². The van der Waals surface area contributed by atoms with Crippen molar-refractivity contribution < 1.29 is 9.59 Å². The first-order valence-electron chi connectivity index (χ1n) is 5.19. The second-order valence-electron chi connectivity index (χ2n) is 3.92. The summed E-state index contributed by atoms with van der Waals surface area (Å²) < 4.78 is 0. The van der Waals surface area contributed by atoms with Crippen LogP contribution in [0.2, 0.25) is 0 Å². The van der Waals surface area contributed by atoms with Crippen LogP contribution >= 0.6 is 0 Å². The number of hydrogen-bond donors (Lipinski definition) is 1. The second kappa shape index (κ2) is 4.26. The number of anilines is 2. The van der Waals surface area contributed by atoms with E-state index in [1.54, 1.807) is 24.3 Å². The Morgan fingerprint density at radius 2 is 2.29 bits per heavy atom. The van der Waals surface area contributed by atoms with E-state index >= 15 is 0 Å². The molecule has 5 heteroatoms. The van der Waals surface area contributed by atoms with Gasteiger partial charge in [-0.2, -0.15) is 5.26 Å². The summed E-state index contributed by atoms with van der Waals surface area (Å²) in [6.45, 7) is -0.0384. The van der Waals surface area contributed by atoms with Crippen LogP contribution in [0.1, 0.15) is 12.0 Å². The van der Waals surface area contributed by atoms with E-state index in [2.05, 4.69) is 0 Å². The lowest BCUT2D eigenvalue weighted by Crippen LogP contribution is -2.32. The largest absolute Gasteiger partial charge is 0.399 e. The van der Waals surface area contributed by atoms with Crippen molar-refractivity contribution in [1.29, 1.82) is 5.26 Å². The van der Waals surface area contributed by atoms with E-state index in [1.807, 2.05) is 0 Å². The van der Waals surface area contributed by atoms with Crippen molar-refractivity contribution in [2.24, 2.45) is 0 Å². The van der Waals surface area contributed by atoms with Crippen LogP contribution in [0, 0.1) is 11.3 Å². The molecule has 0 radical (unpaired) electrons. The SMILES string of the molecule is N#CCC(=O)CN1C(=O)Cc2cc(N)ccc21. The van der Waals surface area contributed by atoms with Crippen molar-refractivity contribution in [3.05, 3.63) is 23.8 Å². The molecule has 1 aliphatic heterocycles. The molecule has 2 rings (SSSR count). The Kier molecular flexibility index (Phi) is 2.79. The maximum Gasteiger partial charge on any atom is 0.231 e. The molecule has 1 aliphatic rings. The average molecular weight is 229 g/mol. The number of amides is 1. The van der Waals surface area contributed by atoms with Gasteiger partial charge >= 0.3 is 0 Å². The zero-order valence-corrected chi connectivity index (χ0v) is 9.14. The Hall–Kier alpha value is -2.35. The highest BCUT2D eigenvalue weighted by atomic mass is 16.2. The van der Waals surface area contributed by atoms with Gasteiger partial charge in [-0.25, -0.2) is 0 Å². The molecule has 0 spiro atoms. The molecule has 0 aliphatic carbocycles. The molecule has 0 saturated heterocycles. The van der Waals surface area contributed by atoms with Gasteiger partial charge in [-0.3, -0.25) is 9.59 Å². The van der Waals surface area contributed by atoms with Crippen LogP contribution in [0.5, 0.6) is 0 Å². The van der Waals surface area contributed by atoms with Crippen molar-refractivity contribution in [2.75, 3.05) is 17.2 Å². The number of ketones is 1. The first-order valence-corrected chi connectivity index (χ1v) is 5.19. The van der Waals surface area contributed by atoms with Gasteiger partial charge < -0.3 is 10.6 Å². The first-order chi connectivity index (χ1) is 8.11. The van der Waals surface area contributed by atoms with Crippen LogP contribution in [-0.2, 0) is 16.0 Å². The highest BCUT2D eigenvalue weighted by molar-refractivity contribution is 6.05. The fourth-order valence-corrected chi connectivity index (χ4v) is 1.90. The van der Waals surface area contributed by atoms with E-state index in [0.717, 1.165) is 11.3 Å². The maximum atomic E-state index is 11.7. The molecule has 0 fully saturated rings. The minimum Gasteiger partial charge on any atom is -0.399 e. The molecule has 0 unspecified atom stereocenters. The average Bonchev–Trinajstić information content (AvgIpc) is 2.55. The quantitative estimate of drug-likeness (QED) is 0.770. The maximum absolute atomic E-state index is 11.7. The van der Waals surface area contributed by atoms with Gasteiger partial charge in [-0.1, -0.05) is 0 Å². The molecule has 0 aromatic heterocycles. The Labute approximate surface area is 98.4 Å². The number of rotatable bonds is 3. The summed E-state index contributed by atoms with van der Waals surface area (Å²) in [6.07, 6.45) is 0.0916. The molecule has 0 saturated carbocycles. The topological polar surface area (TPSA) is 87.2 Å². The number of nitrogen functional groups attached to an aromatic ring is 1. The van der Waals surface area contributed by atoms with Gasteiger partial charge in [0, 0.05) is 11.4 Å². The van der Waals surface area contributed by atoms with Crippen LogP contribution in [0.15, 0.2) is 18.2 Å². The fourth-order valence-electron chi connectivity index (χ4n) is 1.90. The number of nitriles is 1. The summed E-state index contributed by atoms with van der Waals surface area (Å²) in [5, 5.41) is 8.42. The lowest BCUT2D eigenvalue weighted by Gasteiger charge is -2.15. The van der Waals surface area contributed by atoms with Crippen LogP contribution in [0.4, 0.5) is 11.4 Å². The molecule has 86 valence electrons. The minimum atomic E-state index is -0.259. The van der Waals surface area contributed by atoms with E-state index in [9.17, 15) is 9.59 Å². The number of nitrogens with two attached hydrogens (primary N) is 1. The van der Waals surface area contributed by atoms with Crippen molar-refractivity contribution in [3.8, 4) is 6.07 Å². The van der Waals surface area contributed by atoms with Crippen molar-refractivity contribution >= 4 is 23.1 Å². The van der Waals surface area contributed by atoms with Gasteiger partial charge in [0.05, 0.1) is 25.5 Å². The van der Waals surface area contributed by atoms with Gasteiger partial charge in [0.15, 0.2) is 5.78 Å². The third-order valence-corrected chi connectivity index (χ3v) is 2.65. The van der Waals surface area contributed by atoms with Gasteiger partial charge in [0.1, 0.15) is 0 Å². The normalized spacial score (nSPS) is 13.4. The predicted octanol–water partition coefficient (Wildman–Crippen LogP) is 0.641. The van der Waals surface area contributed by atoms with Crippen LogP contribution in [0.25, 0.3) is 0 Å². The number of carbonyl (C=O) groups excluding carboxylic acids is 2. The van der Waals surface area contributed by atoms with Crippen molar-refractivity contribution in [3.63, 3.8) is 0 Å². The lowest BCUT2D eigenvalue weighted by molar-refractivity contribution is -0.121. The summed E-state index contributed by atoms with van der Waals surface area (Å²) in [5.41, 5.74) is 7.78. The molecule has 17 heavy (non-hydrogen) atoms. The fraction of sp³-hybridized carbons (Fsp3) is 0.250. The van der Waals surface area contributed by atoms with Crippen LogP contribution in [0.3, 0.4) is 0 Å². The number of Topliss-reactive ketones (excluding diaryl/α,β-unsaturated/α-hetero) is 1. The standard InChI is InChI=1S/C12H11N3O2/c13-4-3-10(16)7-15-11-2-1-9(14)5-8(11)6-12(15)17/h1-2,5H,3,6-7,14H2. The second-order valence-corrected chi connectivity index (χ2v) is 3.92. The molecule has 1 heterocycles. The van der Waals surface area contributed by atoms with Crippen LogP contribution < -0.4 is 10.6 Å².